The highest BCUT2D eigenvalue weighted by molar-refractivity contribution is 7.92. The quantitative estimate of drug-likeness (QED) is 0.313. The number of oxazole rings is 1. The molecular weight excluding hydrogens is 599 g/mol. The van der Waals surface area contributed by atoms with Crippen molar-refractivity contribution in [3.05, 3.63) is 64.3 Å². The number of aromatic nitrogens is 5. The first-order valence-electron chi connectivity index (χ1n) is 11.4. The summed E-state index contributed by atoms with van der Waals surface area (Å²) in [6.07, 6.45) is 5.59. The number of rotatable bonds is 6. The lowest BCUT2D eigenvalue weighted by Gasteiger charge is -2.10. The fourth-order valence-corrected chi connectivity index (χ4v) is 5.84. The van der Waals surface area contributed by atoms with Crippen molar-refractivity contribution in [3.8, 4) is 17.4 Å². The lowest BCUT2D eigenvalue weighted by Crippen LogP contribution is -2.24. The number of hydrogen-bond acceptors (Lipinski definition) is 9. The van der Waals surface area contributed by atoms with E-state index in [0.29, 0.717) is 35.7 Å². The maximum atomic E-state index is 13.1. The zero-order valence-electron chi connectivity index (χ0n) is 20.3. The molecule has 0 saturated heterocycles. The van der Waals surface area contributed by atoms with E-state index in [2.05, 4.69) is 15.1 Å². The highest BCUT2D eigenvalue weighted by Gasteiger charge is 2.47. The molecule has 3 aromatic heterocycles. The van der Waals surface area contributed by atoms with Crippen molar-refractivity contribution < 1.29 is 34.4 Å². The van der Waals surface area contributed by atoms with Crippen molar-refractivity contribution in [1.82, 2.24) is 24.3 Å². The topological polar surface area (TPSA) is 147 Å². The Bertz CT molecular complexity index is 2010. The van der Waals surface area contributed by atoms with Crippen molar-refractivity contribution >= 4 is 48.1 Å². The Labute approximate surface area is 229 Å². The van der Waals surface area contributed by atoms with Crippen LogP contribution >= 0.6 is 11.6 Å². The third kappa shape index (κ3) is 4.75. The molecule has 0 saturated carbocycles. The molecular formula is C23H17ClF3N5O6S2. The standard InChI is InChI=1S/C23H17ClF3N5O6S2/c1-2-39(34,35)18-9-10-19(32-22(33)31(12-28-32)14-5-3-13(24)4-6-14)30-20(18)21-29-16-11-15(7-8-17(16)38-21)40(36,37)23(25,26)27/h3,5,7-12H,2,4,6H2,1H3. The van der Waals surface area contributed by atoms with E-state index >= 15 is 0 Å². The maximum Gasteiger partial charge on any atom is 0.501 e. The lowest BCUT2D eigenvalue weighted by molar-refractivity contribution is -0.0436. The van der Waals surface area contributed by atoms with Gasteiger partial charge in [0.25, 0.3) is 9.84 Å². The summed E-state index contributed by atoms with van der Waals surface area (Å²) in [5.74, 6) is -0.859. The molecule has 0 fully saturated rings. The molecule has 0 bridgehead atoms. The summed E-state index contributed by atoms with van der Waals surface area (Å²) in [7, 11) is -9.61. The summed E-state index contributed by atoms with van der Waals surface area (Å²) < 4.78 is 96.2. The van der Waals surface area contributed by atoms with Crippen LogP contribution in [0.3, 0.4) is 0 Å². The number of fused-ring (bicyclic) bond motifs is 1. The molecule has 0 spiro atoms. The minimum absolute atomic E-state index is 0.0959. The Morgan fingerprint density at radius 2 is 1.80 bits per heavy atom. The number of pyridine rings is 1. The summed E-state index contributed by atoms with van der Waals surface area (Å²) in [5.41, 5.74) is -6.29. The van der Waals surface area contributed by atoms with Crippen LogP contribution in [0.25, 0.3) is 34.2 Å². The molecule has 3 heterocycles. The van der Waals surface area contributed by atoms with Crippen LogP contribution in [0.4, 0.5) is 13.2 Å². The monoisotopic (exact) mass is 615 g/mol. The molecule has 11 nitrogen and oxygen atoms in total. The maximum absolute atomic E-state index is 13.1. The van der Waals surface area contributed by atoms with Gasteiger partial charge in [-0.2, -0.15) is 23.0 Å². The second kappa shape index (κ2) is 9.71. The van der Waals surface area contributed by atoms with Gasteiger partial charge in [0.15, 0.2) is 21.2 Å². The molecule has 0 aliphatic heterocycles. The molecule has 0 unspecified atom stereocenters. The van der Waals surface area contributed by atoms with Gasteiger partial charge in [0, 0.05) is 10.7 Å². The van der Waals surface area contributed by atoms with Gasteiger partial charge in [0.05, 0.1) is 15.5 Å². The van der Waals surface area contributed by atoms with E-state index < -0.39 is 41.7 Å². The van der Waals surface area contributed by atoms with Crippen molar-refractivity contribution in [2.24, 2.45) is 0 Å². The summed E-state index contributed by atoms with van der Waals surface area (Å²) in [4.78, 5) is 20.0. The van der Waals surface area contributed by atoms with Crippen LogP contribution in [0, 0.1) is 0 Å². The molecule has 0 atom stereocenters. The third-order valence-electron chi connectivity index (χ3n) is 6.01. The molecule has 210 valence electrons. The molecule has 0 radical (unpaired) electrons. The Kier molecular flexibility index (Phi) is 6.74. The number of alkyl halides is 3. The van der Waals surface area contributed by atoms with Crippen molar-refractivity contribution in [2.75, 3.05) is 5.75 Å². The van der Waals surface area contributed by atoms with Crippen molar-refractivity contribution in [3.63, 3.8) is 0 Å². The van der Waals surface area contributed by atoms with Crippen LogP contribution in [0.1, 0.15) is 19.8 Å². The van der Waals surface area contributed by atoms with Gasteiger partial charge in [0.2, 0.25) is 5.89 Å². The van der Waals surface area contributed by atoms with E-state index in [4.69, 9.17) is 16.0 Å². The molecule has 0 N–H and O–H groups in total. The Morgan fingerprint density at radius 3 is 2.45 bits per heavy atom. The molecule has 5 rings (SSSR count). The Morgan fingerprint density at radius 1 is 1.05 bits per heavy atom. The number of halogens is 4. The van der Waals surface area contributed by atoms with Gasteiger partial charge >= 0.3 is 11.2 Å². The predicted octanol–water partition coefficient (Wildman–Crippen LogP) is 4.08. The minimum Gasteiger partial charge on any atom is -0.435 e. The largest absolute Gasteiger partial charge is 0.501 e. The number of nitrogens with zero attached hydrogens (tertiary/aromatic N) is 5. The van der Waals surface area contributed by atoms with Crippen LogP contribution in [-0.4, -0.2) is 52.4 Å². The van der Waals surface area contributed by atoms with E-state index in [-0.39, 0.29) is 33.3 Å². The van der Waals surface area contributed by atoms with E-state index in [9.17, 15) is 34.8 Å². The second-order valence-electron chi connectivity index (χ2n) is 8.48. The van der Waals surface area contributed by atoms with E-state index in [1.165, 1.54) is 30.0 Å². The molecule has 4 aromatic rings. The van der Waals surface area contributed by atoms with Crippen LogP contribution < -0.4 is 5.69 Å². The van der Waals surface area contributed by atoms with Gasteiger partial charge in [-0.05, 0) is 55.3 Å². The molecule has 17 heteroatoms. The second-order valence-corrected chi connectivity index (χ2v) is 13.2. The van der Waals surface area contributed by atoms with Gasteiger partial charge in [-0.15, -0.1) is 0 Å². The van der Waals surface area contributed by atoms with Crippen LogP contribution in [0.15, 0.2) is 72.8 Å². The van der Waals surface area contributed by atoms with Crippen LogP contribution in [0.2, 0.25) is 0 Å². The van der Waals surface area contributed by atoms with Crippen molar-refractivity contribution in [1.29, 1.82) is 0 Å². The normalized spacial score (nSPS) is 14.8. The zero-order chi connectivity index (χ0) is 29.0. The Hall–Kier alpha value is -3.76. The third-order valence-corrected chi connectivity index (χ3v) is 9.57. The van der Waals surface area contributed by atoms with Crippen LogP contribution in [-0.2, 0) is 19.7 Å². The fourth-order valence-electron chi connectivity index (χ4n) is 3.88. The van der Waals surface area contributed by atoms with Gasteiger partial charge in [-0.1, -0.05) is 18.5 Å². The summed E-state index contributed by atoms with van der Waals surface area (Å²) in [5, 5.41) is 4.70. The van der Waals surface area contributed by atoms with Gasteiger partial charge < -0.3 is 4.42 Å². The highest BCUT2D eigenvalue weighted by Crippen LogP contribution is 2.34. The molecule has 1 aliphatic rings. The molecule has 0 amide bonds. The lowest BCUT2D eigenvalue weighted by atomic mass is 10.1. The summed E-state index contributed by atoms with van der Waals surface area (Å²) in [6, 6.07) is 4.76. The molecule has 40 heavy (non-hydrogen) atoms. The van der Waals surface area contributed by atoms with E-state index in [0.717, 1.165) is 10.7 Å². The fraction of sp³-hybridized carbons (Fsp3) is 0.217. The first kappa shape index (κ1) is 27.8. The first-order valence-corrected chi connectivity index (χ1v) is 14.9. The van der Waals surface area contributed by atoms with Crippen molar-refractivity contribution in [2.45, 2.75) is 35.1 Å². The number of benzene rings is 1. The zero-order valence-corrected chi connectivity index (χ0v) is 22.6. The van der Waals surface area contributed by atoms with Gasteiger partial charge in [-0.3, -0.25) is 4.57 Å². The SMILES string of the molecule is CCS(=O)(=O)c1ccc(-n2ncn(C3=CC=C(Cl)CC3)c2=O)nc1-c1nc2cc(S(=O)(=O)C(F)(F)F)ccc2o1. The molecule has 1 aromatic carbocycles. The summed E-state index contributed by atoms with van der Waals surface area (Å²) in [6.45, 7) is 1.39. The first-order chi connectivity index (χ1) is 18.7. The molecule has 1 aliphatic carbocycles. The van der Waals surface area contributed by atoms with E-state index in [1.807, 2.05) is 0 Å². The van der Waals surface area contributed by atoms with Crippen LogP contribution in [0.5, 0.6) is 0 Å². The smallest absolute Gasteiger partial charge is 0.435 e. The predicted molar refractivity (Wildman–Crippen MR) is 137 cm³/mol. The average Bonchev–Trinajstić information content (AvgIpc) is 3.51. The average molecular weight is 616 g/mol. The number of allylic oxidation sites excluding steroid dienone is 4. The highest BCUT2D eigenvalue weighted by atomic mass is 35.5. The van der Waals surface area contributed by atoms with E-state index in [1.54, 1.807) is 12.2 Å². The number of sulfone groups is 2. The summed E-state index contributed by atoms with van der Waals surface area (Å²) >= 11 is 5.98. The van der Waals surface area contributed by atoms with Gasteiger partial charge in [-0.25, -0.2) is 31.6 Å². The number of hydrogen-bond donors (Lipinski definition) is 0. The van der Waals surface area contributed by atoms with Gasteiger partial charge in [0.1, 0.15) is 17.5 Å². The minimum atomic E-state index is -5.67. The Balaban J connectivity index is 1.66.